The Labute approximate surface area is 171 Å². The zero-order valence-corrected chi connectivity index (χ0v) is 15.7. The van der Waals surface area contributed by atoms with Gasteiger partial charge in [-0.1, -0.05) is 24.3 Å². The summed E-state index contributed by atoms with van der Waals surface area (Å²) >= 11 is 0. The summed E-state index contributed by atoms with van der Waals surface area (Å²) in [5.74, 6) is -2.61. The summed E-state index contributed by atoms with van der Waals surface area (Å²) in [6, 6.07) is 9.66. The summed E-state index contributed by atoms with van der Waals surface area (Å²) in [5.41, 5.74) is -0.870. The summed E-state index contributed by atoms with van der Waals surface area (Å²) in [6.07, 6.45) is 0. The van der Waals surface area contributed by atoms with Gasteiger partial charge in [0, 0.05) is 0 Å². The van der Waals surface area contributed by atoms with Gasteiger partial charge in [0.1, 0.15) is 9.79 Å². The van der Waals surface area contributed by atoms with Crippen LogP contribution in [0.1, 0.15) is 20.7 Å². The molecule has 0 amide bonds. The first-order valence-electron chi connectivity index (χ1n) is 7.32. The van der Waals surface area contributed by atoms with Crippen LogP contribution in [-0.4, -0.2) is 35.7 Å². The van der Waals surface area contributed by atoms with Gasteiger partial charge >= 0.3 is 25.8 Å². The normalized spacial score (nSPS) is 21.0. The molecule has 2 aliphatic rings. The van der Waals surface area contributed by atoms with Crippen LogP contribution in [0, 0.1) is 0 Å². The van der Waals surface area contributed by atoms with Crippen LogP contribution in [0.4, 0.5) is 0 Å². The first-order valence-corrected chi connectivity index (χ1v) is 10.1. The molecule has 14 heteroatoms. The molecule has 1 spiro atoms. The van der Waals surface area contributed by atoms with Crippen molar-refractivity contribution in [2.75, 3.05) is 0 Å². The van der Waals surface area contributed by atoms with Crippen LogP contribution in [0.3, 0.4) is 0 Å². The Morgan fingerprint density at radius 1 is 0.643 bits per heavy atom. The number of rotatable bonds is 0. The van der Waals surface area contributed by atoms with Crippen molar-refractivity contribution in [3.8, 4) is 0 Å². The maximum atomic E-state index is 12.5. The van der Waals surface area contributed by atoms with Crippen molar-refractivity contribution in [3.63, 3.8) is 0 Å². The third-order valence-corrected chi connectivity index (χ3v) is 6.51. The summed E-state index contributed by atoms with van der Waals surface area (Å²) < 4.78 is 69.0. The Bertz CT molecular complexity index is 1110. The van der Waals surface area contributed by atoms with Crippen molar-refractivity contribution in [2.45, 2.75) is 9.79 Å². The predicted molar refractivity (Wildman–Crippen MR) is 86.0 cm³/mol. The Kier molecular flexibility index (Phi) is 4.95. The monoisotopic (exact) mass is 418 g/mol. The molecular weight excluding hydrogens is 410 g/mol. The summed E-state index contributed by atoms with van der Waals surface area (Å²) in [6.45, 7) is -4.32. The molecule has 2 aliphatic heterocycles. The molecule has 0 saturated heterocycles. The average Bonchev–Trinajstić information content (AvgIpc) is 2.72. The number of hydrogen-bond acceptors (Lipinski definition) is 10. The first kappa shape index (κ1) is 20.6. The molecule has 140 valence electrons. The van der Waals surface area contributed by atoms with Gasteiger partial charge in [-0.15, -0.1) is 0 Å². The van der Waals surface area contributed by atoms with Crippen LogP contribution < -0.4 is 18.9 Å². The van der Waals surface area contributed by atoms with Gasteiger partial charge < -0.3 is 17.5 Å². The van der Waals surface area contributed by atoms with Crippen molar-refractivity contribution in [1.82, 2.24) is 0 Å². The number of carbonyl (C=O) groups is 2. The molecule has 0 unspecified atom stereocenters. The largest absolute Gasteiger partial charge is 1.00 e. The summed E-state index contributed by atoms with van der Waals surface area (Å²) in [5, 5.41) is 0. The molecule has 2 aromatic rings. The van der Waals surface area contributed by atoms with Gasteiger partial charge in [-0.2, -0.15) is 16.8 Å². The van der Waals surface area contributed by atoms with E-state index in [0.29, 0.717) is 0 Å². The van der Waals surface area contributed by atoms with E-state index in [0.717, 1.165) is 24.3 Å². The van der Waals surface area contributed by atoms with E-state index in [1.165, 1.54) is 24.3 Å². The van der Waals surface area contributed by atoms with Gasteiger partial charge in [0.15, 0.2) is 0 Å². The van der Waals surface area contributed by atoms with E-state index >= 15 is 0 Å². The van der Waals surface area contributed by atoms with E-state index < -0.39 is 60.1 Å². The second-order valence-electron chi connectivity index (χ2n) is 5.48. The topological polar surface area (TPSA) is 139 Å². The van der Waals surface area contributed by atoms with E-state index in [1.54, 1.807) is 0 Å². The zero-order chi connectivity index (χ0) is 19.4. The van der Waals surface area contributed by atoms with E-state index in [9.17, 15) is 26.4 Å². The predicted octanol–water partition coefficient (Wildman–Crippen LogP) is -2.42. The Morgan fingerprint density at radius 2 is 1.00 bits per heavy atom. The SMILES string of the molecule is O=C1O[B-]2(OC(=O)c3ccccc3S(=O)(=O)O2)OS(=O)(=O)c2ccccc21.[Li+]. The van der Waals surface area contributed by atoms with E-state index in [4.69, 9.17) is 9.31 Å². The van der Waals surface area contributed by atoms with Gasteiger partial charge in [0.2, 0.25) is 0 Å². The smallest absolute Gasteiger partial charge is 0.603 e. The van der Waals surface area contributed by atoms with Gasteiger partial charge in [0.25, 0.3) is 32.2 Å². The van der Waals surface area contributed by atoms with E-state index in [2.05, 4.69) is 8.20 Å². The molecule has 28 heavy (non-hydrogen) atoms. The van der Waals surface area contributed by atoms with Crippen molar-refractivity contribution in [2.24, 2.45) is 0 Å². The van der Waals surface area contributed by atoms with Crippen LogP contribution in [0.2, 0.25) is 0 Å². The fourth-order valence-electron chi connectivity index (χ4n) is 2.63. The maximum Gasteiger partial charge on any atom is 1.00 e. The first-order chi connectivity index (χ1) is 12.6. The van der Waals surface area contributed by atoms with Crippen LogP contribution in [0.5, 0.6) is 0 Å². The Balaban J connectivity index is 0.00000225. The zero-order valence-electron chi connectivity index (χ0n) is 14.1. The number of benzene rings is 2. The maximum absolute atomic E-state index is 12.5. The van der Waals surface area contributed by atoms with Crippen LogP contribution in [0.25, 0.3) is 0 Å². The molecule has 4 rings (SSSR count). The molecular formula is C14H8BLiO10S2. The molecule has 0 saturated carbocycles. The fourth-order valence-corrected chi connectivity index (χ4v) is 5.07. The summed E-state index contributed by atoms with van der Waals surface area (Å²) in [7, 11) is -9.56. The van der Waals surface area contributed by atoms with Crippen LogP contribution >= 0.6 is 0 Å². The van der Waals surface area contributed by atoms with Gasteiger partial charge in [-0.25, -0.2) is 0 Å². The summed E-state index contributed by atoms with van der Waals surface area (Å²) in [4.78, 5) is 23.5. The molecule has 10 nitrogen and oxygen atoms in total. The van der Waals surface area contributed by atoms with Crippen molar-refractivity contribution in [1.29, 1.82) is 0 Å². The molecule has 0 aliphatic carbocycles. The molecule has 2 aromatic carbocycles. The van der Waals surface area contributed by atoms with Crippen molar-refractivity contribution >= 4 is 39.1 Å². The number of carbonyl (C=O) groups excluding carboxylic acids is 2. The standard InChI is InChI=1S/C14H8BO10S2.Li/c16-13-9-5-1-3-7-11(9)26(18,19)24-15(22-13)23-14(17)10-6-2-4-8-12(10)27(20,21)25-15;/h1-8H;/q-1;+1. The van der Waals surface area contributed by atoms with Gasteiger partial charge in [-0.3, -0.25) is 9.59 Å². The van der Waals surface area contributed by atoms with Crippen LogP contribution in [-0.2, 0) is 37.7 Å². The van der Waals surface area contributed by atoms with Gasteiger partial charge in [0.05, 0.1) is 11.1 Å². The van der Waals surface area contributed by atoms with E-state index in [-0.39, 0.29) is 18.9 Å². The van der Waals surface area contributed by atoms with Crippen molar-refractivity contribution < 1.29 is 62.8 Å². The number of hydrogen-bond donors (Lipinski definition) is 0. The molecule has 0 N–H and O–H groups in total. The number of fused-ring (bicyclic) bond motifs is 2. The fraction of sp³-hybridized carbons (Fsp3) is 0. The quantitative estimate of drug-likeness (QED) is 0.425. The minimum atomic E-state index is -4.78. The molecule has 0 fully saturated rings. The molecule has 0 aromatic heterocycles. The molecule has 0 radical (unpaired) electrons. The molecule has 2 heterocycles. The second-order valence-corrected chi connectivity index (χ2v) is 8.56. The third-order valence-electron chi connectivity index (χ3n) is 3.74. The minimum absolute atomic E-state index is 0. The van der Waals surface area contributed by atoms with Gasteiger partial charge in [-0.05, 0) is 24.3 Å². The van der Waals surface area contributed by atoms with Crippen molar-refractivity contribution in [3.05, 3.63) is 59.7 Å². The third kappa shape index (κ3) is 3.26. The van der Waals surface area contributed by atoms with Crippen LogP contribution in [0.15, 0.2) is 58.3 Å². The molecule has 0 bridgehead atoms. The Morgan fingerprint density at radius 3 is 1.39 bits per heavy atom. The van der Waals surface area contributed by atoms with E-state index in [1.807, 2.05) is 0 Å². The Hall–Kier alpha value is -2.14. The average molecular weight is 418 g/mol. The molecule has 0 atom stereocenters. The second kappa shape index (κ2) is 6.73. The minimum Gasteiger partial charge on any atom is -0.603 e.